The molecule has 1 aliphatic rings. The second kappa shape index (κ2) is 8.51. The predicted octanol–water partition coefficient (Wildman–Crippen LogP) is 2.75. The zero-order valence-electron chi connectivity index (χ0n) is 16.2. The number of carbonyl (C=O) groups is 2. The number of hydrogen-bond donors (Lipinski definition) is 1. The van der Waals surface area contributed by atoms with E-state index in [1.807, 2.05) is 30.3 Å². The van der Waals surface area contributed by atoms with Crippen molar-refractivity contribution in [1.82, 2.24) is 19.8 Å². The zero-order chi connectivity index (χ0) is 21.1. The Morgan fingerprint density at radius 3 is 2.70 bits per heavy atom. The van der Waals surface area contributed by atoms with E-state index >= 15 is 0 Å². The molecule has 1 aromatic heterocycles. The van der Waals surface area contributed by atoms with Gasteiger partial charge in [-0.3, -0.25) is 9.59 Å². The number of rotatable bonds is 4. The third kappa shape index (κ3) is 4.41. The first-order valence-corrected chi connectivity index (χ1v) is 9.87. The molecule has 3 aromatic rings. The van der Waals surface area contributed by atoms with E-state index in [1.54, 1.807) is 28.0 Å². The highest BCUT2D eigenvalue weighted by Gasteiger charge is 2.26. The van der Waals surface area contributed by atoms with Crippen molar-refractivity contribution in [3.05, 3.63) is 71.0 Å². The van der Waals surface area contributed by atoms with Crippen LogP contribution in [0.4, 0.5) is 5.82 Å². The van der Waals surface area contributed by atoms with Crippen molar-refractivity contribution in [1.29, 1.82) is 0 Å². The van der Waals surface area contributed by atoms with Gasteiger partial charge in [0.15, 0.2) is 0 Å². The lowest BCUT2D eigenvalue weighted by atomic mass is 10.1. The molecule has 2 aromatic carbocycles. The van der Waals surface area contributed by atoms with Crippen molar-refractivity contribution in [2.24, 2.45) is 0 Å². The zero-order valence-corrected chi connectivity index (χ0v) is 16.9. The van der Waals surface area contributed by atoms with E-state index in [-0.39, 0.29) is 18.4 Å². The van der Waals surface area contributed by atoms with E-state index in [0.717, 1.165) is 22.0 Å². The number of nitrogens with zero attached hydrogens (tertiary/aromatic N) is 4. The first-order valence-electron chi connectivity index (χ1n) is 9.49. The molecule has 0 spiro atoms. The first kappa shape index (κ1) is 19.8. The van der Waals surface area contributed by atoms with Crippen LogP contribution in [0, 0.1) is 0 Å². The van der Waals surface area contributed by atoms with Gasteiger partial charge in [0.25, 0.3) is 0 Å². The van der Waals surface area contributed by atoms with Crippen LogP contribution in [0.5, 0.6) is 0 Å². The Morgan fingerprint density at radius 2 is 1.93 bits per heavy atom. The Bertz CT molecular complexity index is 1130. The normalized spacial score (nSPS) is 14.6. The molecular weight excluding hydrogens is 402 g/mol. The lowest BCUT2D eigenvalue weighted by Gasteiger charge is -2.34. The molecule has 30 heavy (non-hydrogen) atoms. The van der Waals surface area contributed by atoms with E-state index in [1.165, 1.54) is 12.4 Å². The second-order valence-corrected chi connectivity index (χ2v) is 7.51. The number of nitrogens with two attached hydrogens (primary N) is 1. The molecule has 4 rings (SSSR count). The van der Waals surface area contributed by atoms with Gasteiger partial charge in [-0.15, -0.1) is 0 Å². The third-order valence-electron chi connectivity index (χ3n) is 5.02. The number of aromatic nitrogens is 2. The number of anilines is 1. The number of halogens is 1. The van der Waals surface area contributed by atoms with Crippen LogP contribution in [0.1, 0.15) is 11.1 Å². The monoisotopic (exact) mass is 421 g/mol. The highest BCUT2D eigenvalue weighted by atomic mass is 35.5. The SMILES string of the molecule is Nc1ncnc2cc(CN3CCN(C(=O)C=Cc4ccc(Cl)cc4)CC3=O)ccc12. The lowest BCUT2D eigenvalue weighted by molar-refractivity contribution is -0.143. The molecule has 2 amide bonds. The summed E-state index contributed by atoms with van der Waals surface area (Å²) < 4.78 is 0. The van der Waals surface area contributed by atoms with Gasteiger partial charge in [-0.25, -0.2) is 9.97 Å². The molecule has 0 aliphatic carbocycles. The summed E-state index contributed by atoms with van der Waals surface area (Å²) in [6, 6.07) is 12.9. The number of carbonyl (C=O) groups excluding carboxylic acids is 2. The summed E-state index contributed by atoms with van der Waals surface area (Å²) in [5, 5.41) is 1.43. The fourth-order valence-corrected chi connectivity index (χ4v) is 3.48. The summed E-state index contributed by atoms with van der Waals surface area (Å²) in [6.07, 6.45) is 4.63. The summed E-state index contributed by atoms with van der Waals surface area (Å²) in [5.74, 6) is 0.161. The van der Waals surface area contributed by atoms with Crippen molar-refractivity contribution < 1.29 is 9.59 Å². The molecule has 1 fully saturated rings. The Labute approximate surface area is 178 Å². The number of hydrogen-bond acceptors (Lipinski definition) is 5. The minimum Gasteiger partial charge on any atom is -0.383 e. The molecule has 0 atom stereocenters. The molecule has 7 nitrogen and oxygen atoms in total. The van der Waals surface area contributed by atoms with E-state index in [9.17, 15) is 9.59 Å². The molecule has 0 radical (unpaired) electrons. The number of amides is 2. The van der Waals surface area contributed by atoms with Crippen LogP contribution in [-0.2, 0) is 16.1 Å². The van der Waals surface area contributed by atoms with E-state index in [4.69, 9.17) is 17.3 Å². The highest BCUT2D eigenvalue weighted by Crippen LogP contribution is 2.19. The van der Waals surface area contributed by atoms with Crippen LogP contribution >= 0.6 is 11.6 Å². The Balaban J connectivity index is 1.37. The van der Waals surface area contributed by atoms with E-state index in [2.05, 4.69) is 9.97 Å². The van der Waals surface area contributed by atoms with E-state index < -0.39 is 0 Å². The van der Waals surface area contributed by atoms with Crippen LogP contribution in [0.25, 0.3) is 17.0 Å². The molecule has 1 aliphatic heterocycles. The molecular formula is C22H20ClN5O2. The largest absolute Gasteiger partial charge is 0.383 e. The van der Waals surface area contributed by atoms with Crippen molar-refractivity contribution in [2.45, 2.75) is 6.54 Å². The van der Waals surface area contributed by atoms with Gasteiger partial charge in [0.1, 0.15) is 18.7 Å². The van der Waals surface area contributed by atoms with Crippen molar-refractivity contribution >= 4 is 46.2 Å². The molecule has 0 unspecified atom stereocenters. The van der Waals surface area contributed by atoms with Crippen molar-refractivity contribution in [3.63, 3.8) is 0 Å². The molecule has 2 N–H and O–H groups in total. The van der Waals surface area contributed by atoms with Crippen LogP contribution < -0.4 is 5.73 Å². The van der Waals surface area contributed by atoms with Crippen LogP contribution in [0.2, 0.25) is 5.02 Å². The van der Waals surface area contributed by atoms with Gasteiger partial charge in [-0.05, 0) is 41.5 Å². The number of nitrogen functional groups attached to an aromatic ring is 1. The quantitative estimate of drug-likeness (QED) is 0.654. The van der Waals surface area contributed by atoms with Crippen molar-refractivity contribution in [3.8, 4) is 0 Å². The first-order chi connectivity index (χ1) is 14.5. The topological polar surface area (TPSA) is 92.4 Å². The average Bonchev–Trinajstić information content (AvgIpc) is 2.74. The second-order valence-electron chi connectivity index (χ2n) is 7.07. The summed E-state index contributed by atoms with van der Waals surface area (Å²) in [6.45, 7) is 1.48. The van der Waals surface area contributed by atoms with Crippen LogP contribution in [0.3, 0.4) is 0 Å². The molecule has 1 saturated heterocycles. The smallest absolute Gasteiger partial charge is 0.247 e. The number of piperazine rings is 1. The van der Waals surface area contributed by atoms with Gasteiger partial charge in [0.2, 0.25) is 11.8 Å². The Morgan fingerprint density at radius 1 is 1.13 bits per heavy atom. The summed E-state index contributed by atoms with van der Waals surface area (Å²) in [5.41, 5.74) is 8.43. The van der Waals surface area contributed by atoms with E-state index in [0.29, 0.717) is 30.5 Å². The van der Waals surface area contributed by atoms with Gasteiger partial charge in [0.05, 0.1) is 5.52 Å². The molecule has 152 valence electrons. The fourth-order valence-electron chi connectivity index (χ4n) is 3.35. The number of fused-ring (bicyclic) bond motifs is 1. The average molecular weight is 422 g/mol. The van der Waals surface area contributed by atoms with Crippen LogP contribution in [-0.4, -0.2) is 51.2 Å². The van der Waals surface area contributed by atoms with Gasteiger partial charge in [-0.1, -0.05) is 29.8 Å². The Kier molecular flexibility index (Phi) is 5.63. The van der Waals surface area contributed by atoms with Gasteiger partial charge in [-0.2, -0.15) is 0 Å². The minimum absolute atomic E-state index is 0.0620. The van der Waals surface area contributed by atoms with Crippen LogP contribution in [0.15, 0.2) is 54.9 Å². The molecule has 0 saturated carbocycles. The minimum atomic E-state index is -0.184. The van der Waals surface area contributed by atoms with Crippen molar-refractivity contribution in [2.75, 3.05) is 25.4 Å². The fraction of sp³-hybridized carbons (Fsp3) is 0.182. The maximum absolute atomic E-state index is 12.6. The molecule has 2 heterocycles. The lowest BCUT2D eigenvalue weighted by Crippen LogP contribution is -2.51. The molecule has 8 heteroatoms. The summed E-state index contributed by atoms with van der Waals surface area (Å²) >= 11 is 5.87. The van der Waals surface area contributed by atoms with Gasteiger partial charge < -0.3 is 15.5 Å². The van der Waals surface area contributed by atoms with Gasteiger partial charge >= 0.3 is 0 Å². The third-order valence-corrected chi connectivity index (χ3v) is 5.28. The summed E-state index contributed by atoms with van der Waals surface area (Å²) in [4.78, 5) is 36.6. The molecule has 0 bridgehead atoms. The maximum atomic E-state index is 12.6. The predicted molar refractivity (Wildman–Crippen MR) is 116 cm³/mol. The van der Waals surface area contributed by atoms with Gasteiger partial charge in [0, 0.05) is 36.1 Å². The Hall–Kier alpha value is -3.45. The highest BCUT2D eigenvalue weighted by molar-refractivity contribution is 6.30. The summed E-state index contributed by atoms with van der Waals surface area (Å²) in [7, 11) is 0. The number of benzene rings is 2. The standard InChI is InChI=1S/C22H20ClN5O2/c23-17-5-1-15(2-6-17)4-8-20(29)28-10-9-27(21(30)13-28)12-16-3-7-18-19(11-16)25-14-26-22(18)24/h1-8,11,14H,9-10,12-13H2,(H2,24,25,26). The maximum Gasteiger partial charge on any atom is 0.247 e.